The van der Waals surface area contributed by atoms with E-state index in [2.05, 4.69) is 17.2 Å². The minimum absolute atomic E-state index is 0.130. The Morgan fingerprint density at radius 3 is 2.47 bits per heavy atom. The predicted octanol–water partition coefficient (Wildman–Crippen LogP) is 0.330. The van der Waals surface area contributed by atoms with Crippen molar-refractivity contribution < 1.29 is 15.0 Å². The lowest BCUT2D eigenvalue weighted by Gasteiger charge is -2.20. The number of carbonyl (C=O) groups excluding carboxylic acids is 1. The molecule has 0 aliphatic rings. The third kappa shape index (κ3) is 4.84. The summed E-state index contributed by atoms with van der Waals surface area (Å²) in [5.41, 5.74) is 0.448. The Hall–Kier alpha value is -1.66. The van der Waals surface area contributed by atoms with Crippen molar-refractivity contribution in [2.24, 2.45) is 0 Å². The number of aliphatic hydroxyl groups excluding tert-OH is 2. The van der Waals surface area contributed by atoms with Gasteiger partial charge < -0.3 is 20.4 Å². The molecule has 1 heterocycles. The number of aromatic nitrogens is 1. The standard InChI is InChI=1S/C13H21N3O3/c1-2-5-14-12-4-3-11(10-15-12)13(19)16(6-8-17)7-9-18/h3-4,10,17-18H,2,5-9H2,1H3,(H,14,15). The molecule has 1 rings (SSSR count). The molecule has 0 aliphatic heterocycles. The number of hydrogen-bond acceptors (Lipinski definition) is 5. The monoisotopic (exact) mass is 267 g/mol. The molecule has 0 saturated carbocycles. The molecule has 19 heavy (non-hydrogen) atoms. The number of carbonyl (C=O) groups is 1. The maximum atomic E-state index is 12.1. The molecule has 0 aromatic carbocycles. The Morgan fingerprint density at radius 1 is 1.32 bits per heavy atom. The van der Waals surface area contributed by atoms with Crippen LogP contribution < -0.4 is 5.32 Å². The first-order valence-electron chi connectivity index (χ1n) is 6.43. The van der Waals surface area contributed by atoms with Gasteiger partial charge in [0.25, 0.3) is 5.91 Å². The first kappa shape index (κ1) is 15.4. The fourth-order valence-electron chi connectivity index (χ4n) is 1.62. The van der Waals surface area contributed by atoms with Crippen LogP contribution in [-0.2, 0) is 0 Å². The molecule has 106 valence electrons. The number of aliphatic hydroxyl groups is 2. The maximum absolute atomic E-state index is 12.1. The fourth-order valence-corrected chi connectivity index (χ4v) is 1.62. The zero-order valence-corrected chi connectivity index (χ0v) is 11.2. The smallest absolute Gasteiger partial charge is 0.255 e. The van der Waals surface area contributed by atoms with Crippen LogP contribution in [-0.4, -0.2) is 58.9 Å². The van der Waals surface area contributed by atoms with Gasteiger partial charge >= 0.3 is 0 Å². The summed E-state index contributed by atoms with van der Waals surface area (Å²) >= 11 is 0. The van der Waals surface area contributed by atoms with E-state index >= 15 is 0 Å². The normalized spacial score (nSPS) is 10.3. The summed E-state index contributed by atoms with van der Waals surface area (Å²) in [6, 6.07) is 3.44. The van der Waals surface area contributed by atoms with Crippen molar-refractivity contribution in [2.75, 3.05) is 38.2 Å². The van der Waals surface area contributed by atoms with E-state index in [1.54, 1.807) is 12.1 Å². The number of anilines is 1. The highest BCUT2D eigenvalue weighted by Crippen LogP contribution is 2.08. The molecule has 1 amide bonds. The molecule has 0 atom stereocenters. The molecular formula is C13H21N3O3. The Balaban J connectivity index is 2.69. The Morgan fingerprint density at radius 2 is 2.00 bits per heavy atom. The van der Waals surface area contributed by atoms with Crippen molar-refractivity contribution in [1.82, 2.24) is 9.88 Å². The van der Waals surface area contributed by atoms with Crippen molar-refractivity contribution >= 4 is 11.7 Å². The number of nitrogens with zero attached hydrogens (tertiary/aromatic N) is 2. The van der Waals surface area contributed by atoms with Gasteiger partial charge in [0.15, 0.2) is 0 Å². The van der Waals surface area contributed by atoms with E-state index in [9.17, 15) is 4.79 Å². The van der Waals surface area contributed by atoms with E-state index < -0.39 is 0 Å². The first-order valence-corrected chi connectivity index (χ1v) is 6.43. The highest BCUT2D eigenvalue weighted by Gasteiger charge is 2.14. The molecule has 0 fully saturated rings. The number of hydrogen-bond donors (Lipinski definition) is 3. The summed E-state index contributed by atoms with van der Waals surface area (Å²) in [7, 11) is 0. The molecule has 0 spiro atoms. The van der Waals surface area contributed by atoms with Crippen molar-refractivity contribution in [3.63, 3.8) is 0 Å². The number of nitrogens with one attached hydrogen (secondary N) is 1. The van der Waals surface area contributed by atoms with Gasteiger partial charge in [0.2, 0.25) is 0 Å². The van der Waals surface area contributed by atoms with Crippen molar-refractivity contribution in [3.05, 3.63) is 23.9 Å². The highest BCUT2D eigenvalue weighted by molar-refractivity contribution is 5.94. The average Bonchev–Trinajstić information content (AvgIpc) is 2.44. The second kappa shape index (κ2) is 8.44. The van der Waals surface area contributed by atoms with Gasteiger partial charge in [0.05, 0.1) is 18.8 Å². The molecular weight excluding hydrogens is 246 g/mol. The SMILES string of the molecule is CCCNc1ccc(C(=O)N(CCO)CCO)cn1. The first-order chi connectivity index (χ1) is 9.22. The summed E-state index contributed by atoms with van der Waals surface area (Å²) in [5, 5.41) is 20.9. The van der Waals surface area contributed by atoms with Gasteiger partial charge in [-0.15, -0.1) is 0 Å². The second-order valence-electron chi connectivity index (χ2n) is 4.10. The Kier molecular flexibility index (Phi) is 6.84. The van der Waals surface area contributed by atoms with Crippen LogP contribution in [0.2, 0.25) is 0 Å². The number of pyridine rings is 1. The topological polar surface area (TPSA) is 85.7 Å². The zero-order chi connectivity index (χ0) is 14.1. The van der Waals surface area contributed by atoms with E-state index in [0.29, 0.717) is 5.56 Å². The third-order valence-corrected chi connectivity index (χ3v) is 2.59. The Bertz CT molecular complexity index is 375. The van der Waals surface area contributed by atoms with Crippen LogP contribution in [0.5, 0.6) is 0 Å². The van der Waals surface area contributed by atoms with E-state index in [4.69, 9.17) is 10.2 Å². The molecule has 0 aliphatic carbocycles. The van der Waals surface area contributed by atoms with Crippen LogP contribution in [0, 0.1) is 0 Å². The van der Waals surface area contributed by atoms with Gasteiger partial charge in [-0.05, 0) is 18.6 Å². The Labute approximate surface area is 113 Å². The van der Waals surface area contributed by atoms with E-state index in [0.717, 1.165) is 18.8 Å². The van der Waals surface area contributed by atoms with E-state index in [-0.39, 0.29) is 32.2 Å². The lowest BCUT2D eigenvalue weighted by Crippen LogP contribution is -2.35. The van der Waals surface area contributed by atoms with Gasteiger partial charge in [-0.1, -0.05) is 6.92 Å². The molecule has 6 nitrogen and oxygen atoms in total. The van der Waals surface area contributed by atoms with E-state index in [1.807, 2.05) is 0 Å². The molecule has 1 aromatic rings. The molecule has 0 saturated heterocycles. The van der Waals surface area contributed by atoms with Crippen LogP contribution in [0.15, 0.2) is 18.3 Å². The summed E-state index contributed by atoms with van der Waals surface area (Å²) in [6.45, 7) is 3.04. The third-order valence-electron chi connectivity index (χ3n) is 2.59. The molecule has 6 heteroatoms. The molecule has 0 bridgehead atoms. The summed E-state index contributed by atoms with van der Waals surface area (Å²) in [4.78, 5) is 17.6. The van der Waals surface area contributed by atoms with Gasteiger partial charge in [-0.3, -0.25) is 4.79 Å². The van der Waals surface area contributed by atoms with Crippen LogP contribution in [0.3, 0.4) is 0 Å². The maximum Gasteiger partial charge on any atom is 0.255 e. The van der Waals surface area contributed by atoms with Crippen molar-refractivity contribution in [3.8, 4) is 0 Å². The number of amides is 1. The quantitative estimate of drug-likeness (QED) is 0.632. The largest absolute Gasteiger partial charge is 0.395 e. The van der Waals surface area contributed by atoms with E-state index in [1.165, 1.54) is 11.1 Å². The van der Waals surface area contributed by atoms with Gasteiger partial charge in [-0.25, -0.2) is 4.98 Å². The lowest BCUT2D eigenvalue weighted by molar-refractivity contribution is 0.0684. The van der Waals surface area contributed by atoms with Crippen LogP contribution in [0.4, 0.5) is 5.82 Å². The van der Waals surface area contributed by atoms with Crippen molar-refractivity contribution in [2.45, 2.75) is 13.3 Å². The molecule has 3 N–H and O–H groups in total. The summed E-state index contributed by atoms with van der Waals surface area (Å²) < 4.78 is 0. The van der Waals surface area contributed by atoms with Gasteiger partial charge in [0, 0.05) is 25.8 Å². The lowest BCUT2D eigenvalue weighted by atomic mass is 10.2. The van der Waals surface area contributed by atoms with Gasteiger partial charge in [-0.2, -0.15) is 0 Å². The average molecular weight is 267 g/mol. The van der Waals surface area contributed by atoms with Gasteiger partial charge in [0.1, 0.15) is 5.82 Å². The molecule has 0 radical (unpaired) electrons. The summed E-state index contributed by atoms with van der Waals surface area (Å²) in [6.07, 6.45) is 2.51. The van der Waals surface area contributed by atoms with Crippen LogP contribution in [0.25, 0.3) is 0 Å². The molecule has 0 unspecified atom stereocenters. The highest BCUT2D eigenvalue weighted by atomic mass is 16.3. The summed E-state index contributed by atoms with van der Waals surface area (Å²) in [5.74, 6) is 0.493. The van der Waals surface area contributed by atoms with Crippen molar-refractivity contribution in [1.29, 1.82) is 0 Å². The minimum atomic E-state index is -0.238. The minimum Gasteiger partial charge on any atom is -0.395 e. The second-order valence-corrected chi connectivity index (χ2v) is 4.10. The fraction of sp³-hybridized carbons (Fsp3) is 0.538. The van der Waals surface area contributed by atoms with Crippen LogP contribution >= 0.6 is 0 Å². The zero-order valence-electron chi connectivity index (χ0n) is 11.2. The predicted molar refractivity (Wildman–Crippen MR) is 73.1 cm³/mol. The molecule has 1 aromatic heterocycles. The van der Waals surface area contributed by atoms with Crippen LogP contribution in [0.1, 0.15) is 23.7 Å². The number of rotatable bonds is 8.